The average molecular weight is 405 g/mol. The molecular formula is C19H24N4O2S2. The number of hydrogen-bond acceptors (Lipinski definition) is 6. The maximum Gasteiger partial charge on any atom is 0.211 e. The number of nitrogens with zero attached hydrogens (tertiary/aromatic N) is 4. The summed E-state index contributed by atoms with van der Waals surface area (Å²) < 4.78 is 26.3. The average Bonchev–Trinajstić information content (AvgIpc) is 3.03. The Morgan fingerprint density at radius 2 is 2.00 bits per heavy atom. The zero-order valence-electron chi connectivity index (χ0n) is 15.6. The van der Waals surface area contributed by atoms with Crippen LogP contribution in [0.3, 0.4) is 0 Å². The smallest absolute Gasteiger partial charge is 0.211 e. The third-order valence-electron chi connectivity index (χ3n) is 5.04. The summed E-state index contributed by atoms with van der Waals surface area (Å²) >= 11 is 1.84. The second kappa shape index (κ2) is 7.35. The lowest BCUT2D eigenvalue weighted by molar-refractivity contribution is 0.183. The predicted molar refractivity (Wildman–Crippen MR) is 109 cm³/mol. The summed E-state index contributed by atoms with van der Waals surface area (Å²) in [6.45, 7) is 4.45. The van der Waals surface area contributed by atoms with Gasteiger partial charge in [0.2, 0.25) is 10.0 Å². The Morgan fingerprint density at radius 1 is 1.22 bits per heavy atom. The highest BCUT2D eigenvalue weighted by Crippen LogP contribution is 2.17. The molecule has 2 aromatic rings. The molecule has 0 bridgehead atoms. The fraction of sp³-hybridized carbons (Fsp3) is 0.421. The van der Waals surface area contributed by atoms with Crippen LogP contribution < -0.4 is 9.75 Å². The van der Waals surface area contributed by atoms with Crippen molar-refractivity contribution in [1.82, 2.24) is 19.1 Å². The minimum atomic E-state index is -3.08. The Balaban J connectivity index is 1.58. The molecule has 0 unspecified atom stereocenters. The molecule has 2 aromatic heterocycles. The predicted octanol–water partition coefficient (Wildman–Crippen LogP) is 0.103. The van der Waals surface area contributed by atoms with Crippen LogP contribution in [0.2, 0.25) is 0 Å². The quantitative estimate of drug-likeness (QED) is 0.724. The van der Waals surface area contributed by atoms with E-state index in [9.17, 15) is 8.42 Å². The first kappa shape index (κ1) is 18.6. The van der Waals surface area contributed by atoms with Crippen LogP contribution in [0.15, 0.2) is 30.6 Å². The summed E-state index contributed by atoms with van der Waals surface area (Å²) in [7, 11) is -0.981. The summed E-state index contributed by atoms with van der Waals surface area (Å²) in [5, 5.41) is 1.26. The summed E-state index contributed by atoms with van der Waals surface area (Å²) in [5.41, 5.74) is 2.50. The van der Waals surface area contributed by atoms with Crippen molar-refractivity contribution in [2.24, 2.45) is 0 Å². The first-order chi connectivity index (χ1) is 12.9. The number of aromatic nitrogens is 1. The van der Waals surface area contributed by atoms with Crippen molar-refractivity contribution >= 4 is 33.1 Å². The van der Waals surface area contributed by atoms with Gasteiger partial charge >= 0.3 is 0 Å². The van der Waals surface area contributed by atoms with Crippen LogP contribution in [0.1, 0.15) is 10.4 Å². The zero-order chi connectivity index (χ0) is 19.0. The van der Waals surface area contributed by atoms with Crippen molar-refractivity contribution < 1.29 is 8.42 Å². The third kappa shape index (κ3) is 4.08. The summed E-state index contributed by atoms with van der Waals surface area (Å²) in [5.74, 6) is 0. The molecule has 0 atom stereocenters. The van der Waals surface area contributed by atoms with Crippen LogP contribution in [-0.2, 0) is 16.6 Å². The Bertz CT molecular complexity index is 1040. The lowest BCUT2D eigenvalue weighted by Gasteiger charge is -2.32. The van der Waals surface area contributed by atoms with Crippen LogP contribution in [0.25, 0.3) is 11.8 Å². The Labute approximate surface area is 164 Å². The van der Waals surface area contributed by atoms with Gasteiger partial charge in [-0.3, -0.25) is 9.88 Å². The van der Waals surface area contributed by atoms with Gasteiger partial charge in [-0.25, -0.2) is 8.42 Å². The first-order valence-electron chi connectivity index (χ1n) is 9.02. The molecule has 0 aliphatic carbocycles. The Kier molecular flexibility index (Phi) is 5.07. The maximum atomic E-state index is 11.7. The zero-order valence-corrected chi connectivity index (χ0v) is 17.3. The van der Waals surface area contributed by atoms with Crippen molar-refractivity contribution in [3.8, 4) is 0 Å². The van der Waals surface area contributed by atoms with E-state index in [1.165, 1.54) is 32.0 Å². The molecule has 144 valence electrons. The van der Waals surface area contributed by atoms with E-state index in [0.717, 1.165) is 26.2 Å². The fourth-order valence-corrected chi connectivity index (χ4v) is 5.73. The molecule has 0 aromatic carbocycles. The fourth-order valence-electron chi connectivity index (χ4n) is 3.68. The molecule has 4 heterocycles. The van der Waals surface area contributed by atoms with Crippen LogP contribution >= 0.6 is 11.3 Å². The first-order valence-corrected chi connectivity index (χ1v) is 11.7. The van der Waals surface area contributed by atoms with E-state index in [2.05, 4.69) is 40.2 Å². The number of likely N-dealkylation sites (N-methyl/N-ethyl adjacent to an activating group) is 1. The second-order valence-corrected chi connectivity index (χ2v) is 10.3. The molecule has 0 N–H and O–H groups in total. The summed E-state index contributed by atoms with van der Waals surface area (Å²) in [6.07, 6.45) is 7.23. The number of piperazine rings is 1. The van der Waals surface area contributed by atoms with Crippen LogP contribution in [0, 0.1) is 0 Å². The van der Waals surface area contributed by atoms with Gasteiger partial charge in [0.05, 0.1) is 6.26 Å². The number of sulfonamides is 1. The molecule has 0 radical (unpaired) electrons. The highest BCUT2D eigenvalue weighted by molar-refractivity contribution is 7.88. The largest absolute Gasteiger partial charge is 0.375 e. The van der Waals surface area contributed by atoms with Crippen molar-refractivity contribution in [1.29, 1.82) is 0 Å². The van der Waals surface area contributed by atoms with Gasteiger partial charge in [-0.1, -0.05) is 6.07 Å². The molecule has 6 nitrogen and oxygen atoms in total. The summed E-state index contributed by atoms with van der Waals surface area (Å²) in [4.78, 5) is 10.2. The molecule has 0 saturated carbocycles. The topological polar surface area (TPSA) is 56.8 Å². The van der Waals surface area contributed by atoms with Gasteiger partial charge in [0, 0.05) is 79.5 Å². The lowest BCUT2D eigenvalue weighted by atomic mass is 10.1. The molecule has 4 rings (SSSR count). The molecular weight excluding hydrogens is 380 g/mol. The van der Waals surface area contributed by atoms with Crippen LogP contribution in [-0.4, -0.2) is 73.5 Å². The van der Waals surface area contributed by atoms with Gasteiger partial charge in [-0.2, -0.15) is 4.31 Å². The molecule has 1 saturated heterocycles. The molecule has 0 spiro atoms. The van der Waals surface area contributed by atoms with Gasteiger partial charge in [-0.15, -0.1) is 11.3 Å². The van der Waals surface area contributed by atoms with Gasteiger partial charge in [0.15, 0.2) is 0 Å². The maximum absolute atomic E-state index is 11.7. The molecule has 0 amide bonds. The second-order valence-electron chi connectivity index (χ2n) is 7.20. The molecule has 1 fully saturated rings. The lowest BCUT2D eigenvalue weighted by Crippen LogP contribution is -2.47. The van der Waals surface area contributed by atoms with Crippen molar-refractivity contribution in [3.63, 3.8) is 0 Å². The van der Waals surface area contributed by atoms with Crippen molar-refractivity contribution in [3.05, 3.63) is 50.8 Å². The van der Waals surface area contributed by atoms with Gasteiger partial charge in [-0.05, 0) is 23.3 Å². The third-order valence-corrected chi connectivity index (χ3v) is 7.54. The normalized spacial score (nSPS) is 19.0. The Hall–Kier alpha value is -1.74. The monoisotopic (exact) mass is 404 g/mol. The van der Waals surface area contributed by atoms with Crippen LogP contribution in [0.5, 0.6) is 0 Å². The van der Waals surface area contributed by atoms with Gasteiger partial charge in [0.1, 0.15) is 0 Å². The van der Waals surface area contributed by atoms with Crippen molar-refractivity contribution in [2.75, 3.05) is 46.0 Å². The number of thiophene rings is 1. The van der Waals surface area contributed by atoms with E-state index in [4.69, 9.17) is 0 Å². The van der Waals surface area contributed by atoms with E-state index < -0.39 is 10.0 Å². The van der Waals surface area contributed by atoms with E-state index in [1.54, 1.807) is 10.5 Å². The SMILES string of the molecule is CN1C=c2cc(CN3CCN(S(C)(=O)=O)CC3)sc2=C(c2cccnc2)C1. The highest BCUT2D eigenvalue weighted by Gasteiger charge is 2.23. The van der Waals surface area contributed by atoms with Gasteiger partial charge in [0.25, 0.3) is 0 Å². The molecule has 2 aliphatic heterocycles. The van der Waals surface area contributed by atoms with E-state index >= 15 is 0 Å². The molecule has 2 aliphatic rings. The minimum Gasteiger partial charge on any atom is -0.375 e. The highest BCUT2D eigenvalue weighted by atomic mass is 32.2. The van der Waals surface area contributed by atoms with Crippen molar-refractivity contribution in [2.45, 2.75) is 6.54 Å². The standard InChI is InChI=1S/C19H24N4O2S2/c1-21-12-16-10-17(13-22-6-8-23(9-7-22)27(2,24)25)26-19(16)18(14-21)15-4-3-5-20-11-15/h3-5,10-12H,6-9,13-14H2,1-2H3. The van der Waals surface area contributed by atoms with Crippen LogP contribution in [0.4, 0.5) is 0 Å². The van der Waals surface area contributed by atoms with E-state index in [1.807, 2.05) is 23.6 Å². The number of pyridine rings is 1. The number of rotatable bonds is 4. The summed E-state index contributed by atoms with van der Waals surface area (Å²) in [6, 6.07) is 6.38. The molecule has 27 heavy (non-hydrogen) atoms. The van der Waals surface area contributed by atoms with E-state index in [0.29, 0.717) is 13.1 Å². The molecule has 8 heteroatoms. The Morgan fingerprint density at radius 3 is 2.67 bits per heavy atom. The minimum absolute atomic E-state index is 0.575. The number of fused-ring (bicyclic) bond motifs is 1. The van der Waals surface area contributed by atoms with Gasteiger partial charge < -0.3 is 4.90 Å². The number of hydrogen-bond donors (Lipinski definition) is 0. The van der Waals surface area contributed by atoms with E-state index in [-0.39, 0.29) is 0 Å².